The summed E-state index contributed by atoms with van der Waals surface area (Å²) in [4.78, 5) is 31.1. The van der Waals surface area contributed by atoms with E-state index in [2.05, 4.69) is 15.5 Å². The van der Waals surface area contributed by atoms with Gasteiger partial charge >= 0.3 is 6.03 Å². The van der Waals surface area contributed by atoms with Gasteiger partial charge in [0, 0.05) is 0 Å². The first kappa shape index (κ1) is 17.0. The first-order valence-electron chi connectivity index (χ1n) is 8.70. The molecule has 1 aliphatic heterocycles. The van der Waals surface area contributed by atoms with Crippen LogP contribution in [0.4, 0.5) is 4.79 Å². The van der Waals surface area contributed by atoms with E-state index < -0.39 is 11.6 Å². The molecule has 4 rings (SSSR count). The zero-order valence-electron chi connectivity index (χ0n) is 14.7. The van der Waals surface area contributed by atoms with Crippen LogP contribution in [0.25, 0.3) is 11.6 Å². The standard InChI is InChI=1S/C19H18N4O4/c1-2-10-19(13-7-4-3-5-8-13)17(24)23(18(25)21-19)12-15-20-16(22-27-15)14-9-6-11-26-14/h3-9,11H,2,10,12H2,1H3,(H,21,25). The Morgan fingerprint density at radius 1 is 1.15 bits per heavy atom. The summed E-state index contributed by atoms with van der Waals surface area (Å²) < 4.78 is 10.4. The van der Waals surface area contributed by atoms with Crippen LogP contribution in [0.3, 0.4) is 0 Å². The number of benzene rings is 1. The first-order chi connectivity index (χ1) is 13.1. The fourth-order valence-corrected chi connectivity index (χ4v) is 3.34. The zero-order chi connectivity index (χ0) is 18.9. The highest BCUT2D eigenvalue weighted by Crippen LogP contribution is 2.34. The van der Waals surface area contributed by atoms with Crippen LogP contribution in [-0.4, -0.2) is 27.0 Å². The monoisotopic (exact) mass is 366 g/mol. The molecule has 8 heteroatoms. The minimum absolute atomic E-state index is 0.101. The largest absolute Gasteiger partial charge is 0.461 e. The Balaban J connectivity index is 1.61. The Kier molecular flexibility index (Phi) is 4.23. The number of rotatable bonds is 6. The molecule has 138 valence electrons. The van der Waals surface area contributed by atoms with Crippen molar-refractivity contribution in [2.24, 2.45) is 0 Å². The number of furan rings is 1. The second-order valence-electron chi connectivity index (χ2n) is 6.33. The van der Waals surface area contributed by atoms with Crippen molar-refractivity contribution in [1.82, 2.24) is 20.4 Å². The van der Waals surface area contributed by atoms with E-state index in [0.717, 1.165) is 16.9 Å². The lowest BCUT2D eigenvalue weighted by Gasteiger charge is -2.26. The summed E-state index contributed by atoms with van der Waals surface area (Å²) in [5.41, 5.74) is -0.314. The highest BCUT2D eigenvalue weighted by Gasteiger charge is 2.52. The molecule has 1 N–H and O–H groups in total. The fraction of sp³-hybridized carbons (Fsp3) is 0.263. The second-order valence-corrected chi connectivity index (χ2v) is 6.33. The van der Waals surface area contributed by atoms with E-state index in [1.165, 1.54) is 6.26 Å². The molecule has 0 spiro atoms. The topological polar surface area (TPSA) is 101 Å². The van der Waals surface area contributed by atoms with E-state index in [9.17, 15) is 9.59 Å². The number of imide groups is 1. The number of aromatic nitrogens is 2. The van der Waals surface area contributed by atoms with Gasteiger partial charge in [-0.3, -0.25) is 9.69 Å². The second kappa shape index (κ2) is 6.71. The molecule has 1 unspecified atom stereocenters. The van der Waals surface area contributed by atoms with E-state index in [-0.39, 0.29) is 24.2 Å². The maximum atomic E-state index is 13.2. The third-order valence-corrected chi connectivity index (χ3v) is 4.57. The fourth-order valence-electron chi connectivity index (χ4n) is 3.34. The van der Waals surface area contributed by atoms with Crippen molar-refractivity contribution in [2.75, 3.05) is 0 Å². The van der Waals surface area contributed by atoms with Crippen LogP contribution >= 0.6 is 0 Å². The first-order valence-corrected chi connectivity index (χ1v) is 8.70. The molecule has 1 fully saturated rings. The van der Waals surface area contributed by atoms with Crippen LogP contribution in [-0.2, 0) is 16.9 Å². The molecule has 1 atom stereocenters. The quantitative estimate of drug-likeness (QED) is 0.673. The highest BCUT2D eigenvalue weighted by atomic mass is 16.5. The predicted molar refractivity (Wildman–Crippen MR) is 94.1 cm³/mol. The number of carbonyl (C=O) groups excluding carboxylic acids is 2. The van der Waals surface area contributed by atoms with E-state index >= 15 is 0 Å². The lowest BCUT2D eigenvalue weighted by atomic mass is 9.85. The van der Waals surface area contributed by atoms with Crippen molar-refractivity contribution in [1.29, 1.82) is 0 Å². The molecule has 0 radical (unpaired) electrons. The van der Waals surface area contributed by atoms with Crippen LogP contribution in [0, 0.1) is 0 Å². The van der Waals surface area contributed by atoms with Gasteiger partial charge in [-0.2, -0.15) is 4.98 Å². The van der Waals surface area contributed by atoms with Gasteiger partial charge in [0.05, 0.1) is 6.26 Å². The molecule has 1 saturated heterocycles. The molecular weight excluding hydrogens is 348 g/mol. The number of nitrogens with zero attached hydrogens (tertiary/aromatic N) is 3. The lowest BCUT2D eigenvalue weighted by Crippen LogP contribution is -2.43. The van der Waals surface area contributed by atoms with Crippen molar-refractivity contribution in [3.8, 4) is 11.6 Å². The summed E-state index contributed by atoms with van der Waals surface area (Å²) in [5.74, 6) is 0.556. The molecule has 2 aromatic heterocycles. The third kappa shape index (κ3) is 2.88. The lowest BCUT2D eigenvalue weighted by molar-refractivity contribution is -0.132. The molecule has 3 aromatic rings. The molecule has 0 aliphatic carbocycles. The highest BCUT2D eigenvalue weighted by molar-refractivity contribution is 6.07. The average Bonchev–Trinajstić information content (AvgIpc) is 3.41. The van der Waals surface area contributed by atoms with Crippen molar-refractivity contribution in [3.63, 3.8) is 0 Å². The van der Waals surface area contributed by atoms with Crippen molar-refractivity contribution >= 4 is 11.9 Å². The van der Waals surface area contributed by atoms with E-state index in [1.807, 2.05) is 37.3 Å². The Labute approximate surface area is 155 Å². The molecule has 27 heavy (non-hydrogen) atoms. The normalized spacial score (nSPS) is 19.5. The van der Waals surface area contributed by atoms with E-state index in [4.69, 9.17) is 8.94 Å². The summed E-state index contributed by atoms with van der Waals surface area (Å²) in [7, 11) is 0. The third-order valence-electron chi connectivity index (χ3n) is 4.57. The Morgan fingerprint density at radius 3 is 2.67 bits per heavy atom. The maximum absolute atomic E-state index is 13.2. The van der Waals surface area contributed by atoms with Gasteiger partial charge in [0.2, 0.25) is 11.7 Å². The Bertz CT molecular complexity index is 951. The SMILES string of the molecule is CCCC1(c2ccccc2)NC(=O)N(Cc2nc(-c3ccco3)no2)C1=O. The summed E-state index contributed by atoms with van der Waals surface area (Å²) in [6.45, 7) is 1.87. The summed E-state index contributed by atoms with van der Waals surface area (Å²) in [6.07, 6.45) is 2.74. The van der Waals surface area contributed by atoms with Crippen LogP contribution in [0.5, 0.6) is 0 Å². The summed E-state index contributed by atoms with van der Waals surface area (Å²) >= 11 is 0. The molecule has 0 bridgehead atoms. The van der Waals surface area contributed by atoms with E-state index in [0.29, 0.717) is 12.2 Å². The predicted octanol–water partition coefficient (Wildman–Crippen LogP) is 3.08. The zero-order valence-corrected chi connectivity index (χ0v) is 14.7. The van der Waals surface area contributed by atoms with Gasteiger partial charge in [0.25, 0.3) is 5.91 Å². The molecule has 1 aliphatic rings. The average molecular weight is 366 g/mol. The van der Waals surface area contributed by atoms with Gasteiger partial charge in [0.15, 0.2) is 5.76 Å². The molecular formula is C19H18N4O4. The Hall–Kier alpha value is -3.42. The smallest absolute Gasteiger partial charge is 0.325 e. The maximum Gasteiger partial charge on any atom is 0.325 e. The number of amides is 3. The summed E-state index contributed by atoms with van der Waals surface area (Å²) in [6, 6.07) is 12.2. The van der Waals surface area contributed by atoms with Crippen LogP contribution < -0.4 is 5.32 Å². The molecule has 1 aromatic carbocycles. The van der Waals surface area contributed by atoms with Gasteiger partial charge in [0.1, 0.15) is 12.1 Å². The number of nitrogens with one attached hydrogen (secondary N) is 1. The van der Waals surface area contributed by atoms with Crippen LogP contribution in [0.15, 0.2) is 57.7 Å². The van der Waals surface area contributed by atoms with Gasteiger partial charge < -0.3 is 14.3 Å². The number of hydrogen-bond donors (Lipinski definition) is 1. The van der Waals surface area contributed by atoms with Gasteiger partial charge in [-0.05, 0) is 24.1 Å². The van der Waals surface area contributed by atoms with Crippen LogP contribution in [0.2, 0.25) is 0 Å². The Morgan fingerprint density at radius 2 is 1.96 bits per heavy atom. The molecule has 0 saturated carbocycles. The molecule has 3 heterocycles. The van der Waals surface area contributed by atoms with Crippen molar-refractivity contribution in [2.45, 2.75) is 31.8 Å². The van der Waals surface area contributed by atoms with Gasteiger partial charge in [-0.15, -0.1) is 0 Å². The molecule has 8 nitrogen and oxygen atoms in total. The van der Waals surface area contributed by atoms with E-state index in [1.54, 1.807) is 12.1 Å². The van der Waals surface area contributed by atoms with Crippen molar-refractivity contribution in [3.05, 3.63) is 60.2 Å². The molecule has 3 amide bonds. The van der Waals surface area contributed by atoms with Gasteiger partial charge in [-0.1, -0.05) is 48.8 Å². The van der Waals surface area contributed by atoms with Gasteiger partial charge in [-0.25, -0.2) is 4.79 Å². The number of urea groups is 1. The van der Waals surface area contributed by atoms with Crippen LogP contribution in [0.1, 0.15) is 31.2 Å². The van der Waals surface area contributed by atoms with Crippen molar-refractivity contribution < 1.29 is 18.5 Å². The minimum atomic E-state index is -1.07. The number of hydrogen-bond acceptors (Lipinski definition) is 6. The number of carbonyl (C=O) groups is 2. The minimum Gasteiger partial charge on any atom is -0.461 e. The summed E-state index contributed by atoms with van der Waals surface area (Å²) in [5, 5.41) is 6.70.